The van der Waals surface area contributed by atoms with Crippen LogP contribution in [0.2, 0.25) is 13.0 Å². The lowest BCUT2D eigenvalue weighted by Gasteiger charge is -2.40. The number of rotatable bonds is 5. The first-order chi connectivity index (χ1) is 35.2. The molecule has 4 nitrogen and oxygen atoms in total. The molecular formula is C63H45N3OSi2. The van der Waals surface area contributed by atoms with Gasteiger partial charge in [0.05, 0.1) is 22.1 Å². The molecule has 0 bridgehead atoms. The third kappa shape index (κ3) is 5.70. The number of nitrogens with zero attached hydrogens (tertiary/aromatic N) is 3. The summed E-state index contributed by atoms with van der Waals surface area (Å²) >= 11 is 0. The molecule has 2 aromatic heterocycles. The molecule has 326 valence electrons. The second-order valence-electron chi connectivity index (χ2n) is 18.5. The minimum absolute atomic E-state index is 0.601. The number of aromatic nitrogens is 3. The van der Waals surface area contributed by atoms with E-state index < -0.39 is 22.6 Å². The fourth-order valence-corrected chi connectivity index (χ4v) is 19.2. The van der Waals surface area contributed by atoms with Crippen molar-refractivity contribution in [2.24, 2.45) is 0 Å². The largest absolute Gasteiger partial charge is 0.458 e. The number of para-hydroxylation sites is 5. The molecule has 3 heterocycles. The van der Waals surface area contributed by atoms with Gasteiger partial charge in [-0.3, -0.25) is 8.97 Å². The Morgan fingerprint density at radius 2 is 0.957 bits per heavy atom. The summed E-state index contributed by atoms with van der Waals surface area (Å²) in [7, 11) is -7.34. The normalized spacial score (nSPS) is 15.5. The highest BCUT2D eigenvalue weighted by atomic mass is 28.3. The first-order valence-corrected chi connectivity index (χ1v) is 28.1. The lowest BCUT2D eigenvalue weighted by Crippen LogP contribution is -2.76. The minimum Gasteiger partial charge on any atom is -0.458 e. The third-order valence-electron chi connectivity index (χ3n) is 14.8. The van der Waals surface area contributed by atoms with Crippen LogP contribution in [0.25, 0.3) is 78.0 Å². The van der Waals surface area contributed by atoms with E-state index in [4.69, 9.17) is 9.72 Å². The maximum atomic E-state index is 9.63. The maximum Gasteiger partial charge on any atom is 0.220 e. The topological polar surface area (TPSA) is 31.5 Å². The first-order valence-electron chi connectivity index (χ1n) is 25.1. The van der Waals surface area contributed by atoms with Gasteiger partial charge in [0.1, 0.15) is 19.6 Å². The van der Waals surface area contributed by atoms with Gasteiger partial charge in [-0.15, -0.1) is 0 Å². The first kappa shape index (κ1) is 36.8. The second kappa shape index (κ2) is 15.1. The van der Waals surface area contributed by atoms with Gasteiger partial charge in [0.25, 0.3) is 0 Å². The Labute approximate surface area is 407 Å². The molecule has 0 spiro atoms. The predicted molar refractivity (Wildman–Crippen MR) is 292 cm³/mol. The van der Waals surface area contributed by atoms with Crippen LogP contribution in [-0.2, 0) is 0 Å². The molecule has 0 amide bonds. The molecular weight excluding hydrogens is 871 g/mol. The van der Waals surface area contributed by atoms with E-state index in [0.717, 1.165) is 81.3 Å². The summed E-state index contributed by atoms with van der Waals surface area (Å²) in [6, 6.07) is 84.4. The summed E-state index contributed by atoms with van der Waals surface area (Å²) in [5.74, 6) is 1.99. The standard InChI is InChI=1S/C63H45N3OSi2/c1-68(2)59-36-20-19-35-58(59)67-62-60(68)39-42(65-56-33-17-18-34-57(56)66-55-32-16-15-31-54(55)64-63(65)66)40-61(62)69(43-21-5-3-6-22-43,44-23-7-4-8-24-44)45-37-38-52-50-29-12-11-27-48(50)46-25-9-10-26-47(46)49-28-13-14-30-51(49)53(52)41-45/h3-41H,1-2H3/i1D3. The Bertz CT molecular complexity index is 4120. The molecule has 6 heteroatoms. The Hall–Kier alpha value is -8.30. The zero-order valence-electron chi connectivity index (χ0n) is 40.8. The Morgan fingerprint density at radius 1 is 0.449 bits per heavy atom. The van der Waals surface area contributed by atoms with Gasteiger partial charge in [0.15, 0.2) is 8.07 Å². The van der Waals surface area contributed by atoms with Crippen molar-refractivity contribution in [2.75, 3.05) is 0 Å². The highest BCUT2D eigenvalue weighted by Crippen LogP contribution is 2.47. The van der Waals surface area contributed by atoms with Crippen molar-refractivity contribution in [3.05, 3.63) is 237 Å². The molecule has 2 aliphatic rings. The Kier molecular flexibility index (Phi) is 8.05. The summed E-state index contributed by atoms with van der Waals surface area (Å²) in [4.78, 5) is 5.35. The quantitative estimate of drug-likeness (QED) is 0.127. The van der Waals surface area contributed by atoms with E-state index in [2.05, 4.69) is 215 Å². The van der Waals surface area contributed by atoms with Gasteiger partial charge < -0.3 is 4.74 Å². The van der Waals surface area contributed by atoms with Crippen molar-refractivity contribution in [3.63, 3.8) is 0 Å². The van der Waals surface area contributed by atoms with Crippen molar-refractivity contribution in [2.45, 2.75) is 13.0 Å². The number of benzene rings is 10. The average Bonchev–Trinajstić information content (AvgIpc) is 3.96. The van der Waals surface area contributed by atoms with Crippen LogP contribution in [0, 0.1) is 0 Å². The molecule has 10 aromatic carbocycles. The molecule has 12 aromatic rings. The summed E-state index contributed by atoms with van der Waals surface area (Å²) in [5, 5.41) is 5.92. The highest BCUT2D eigenvalue weighted by molar-refractivity contribution is 7.20. The molecule has 1 atom stereocenters. The van der Waals surface area contributed by atoms with Crippen molar-refractivity contribution >= 4 is 75.1 Å². The van der Waals surface area contributed by atoms with Crippen LogP contribution in [0.1, 0.15) is 4.11 Å². The van der Waals surface area contributed by atoms with Gasteiger partial charge in [0.2, 0.25) is 5.78 Å². The summed E-state index contributed by atoms with van der Waals surface area (Å²) in [6.07, 6.45) is 0. The number of hydrogen-bond acceptors (Lipinski definition) is 2. The fourth-order valence-electron chi connectivity index (χ4n) is 11.8. The van der Waals surface area contributed by atoms with Crippen LogP contribution in [0.3, 0.4) is 0 Å². The second-order valence-corrected chi connectivity index (χ2v) is 25.6. The van der Waals surface area contributed by atoms with E-state index in [1.807, 2.05) is 36.9 Å². The number of fused-ring (bicyclic) bond motifs is 15. The summed E-state index contributed by atoms with van der Waals surface area (Å²) in [6.45, 7) is -0.333. The SMILES string of the molecule is [2H]C([2H])([2H])[Si]1(C)c2ccccc2Oc2c([Si](c3ccccc3)(c3ccccc3)c3ccc4c(c3)-c3ccccc3-c3ccccc3-c3ccccc3-4)cc(-n3c4ccccc4n4c5ccccc5nc34)cc21. The Balaban J connectivity index is 1.17. The van der Waals surface area contributed by atoms with Crippen LogP contribution < -0.4 is 35.9 Å². The summed E-state index contributed by atoms with van der Waals surface area (Å²) < 4.78 is 40.8. The van der Waals surface area contributed by atoms with Gasteiger partial charge in [-0.2, -0.15) is 0 Å². The van der Waals surface area contributed by atoms with E-state index in [1.54, 1.807) is 0 Å². The lowest BCUT2D eigenvalue weighted by molar-refractivity contribution is 0.490. The molecule has 0 N–H and O–H groups in total. The molecule has 0 saturated carbocycles. The number of imidazole rings is 2. The van der Waals surface area contributed by atoms with Crippen molar-refractivity contribution in [1.29, 1.82) is 0 Å². The molecule has 1 aliphatic carbocycles. The van der Waals surface area contributed by atoms with Gasteiger partial charge >= 0.3 is 0 Å². The van der Waals surface area contributed by atoms with E-state index in [-0.39, 0.29) is 0 Å². The molecule has 1 unspecified atom stereocenters. The molecule has 14 rings (SSSR count). The smallest absolute Gasteiger partial charge is 0.220 e. The van der Waals surface area contributed by atoms with Crippen molar-refractivity contribution in [1.82, 2.24) is 14.0 Å². The van der Waals surface area contributed by atoms with E-state index in [9.17, 15) is 4.11 Å². The third-order valence-corrected chi connectivity index (χ3v) is 22.5. The van der Waals surface area contributed by atoms with Crippen molar-refractivity contribution < 1.29 is 8.85 Å². The number of ether oxygens (including phenoxy) is 1. The fraction of sp³-hybridized carbons (Fsp3) is 0.0317. The van der Waals surface area contributed by atoms with Crippen LogP contribution in [-0.4, -0.2) is 30.1 Å². The monoisotopic (exact) mass is 918 g/mol. The van der Waals surface area contributed by atoms with Crippen LogP contribution in [0.5, 0.6) is 11.5 Å². The van der Waals surface area contributed by atoms with Crippen LogP contribution >= 0.6 is 0 Å². The zero-order chi connectivity index (χ0) is 48.3. The predicted octanol–water partition coefficient (Wildman–Crippen LogP) is 11.7. The van der Waals surface area contributed by atoms with Crippen LogP contribution in [0.15, 0.2) is 237 Å². The van der Waals surface area contributed by atoms with E-state index in [0.29, 0.717) is 11.5 Å². The van der Waals surface area contributed by atoms with Crippen LogP contribution in [0.4, 0.5) is 0 Å². The van der Waals surface area contributed by atoms with Gasteiger partial charge in [0, 0.05) is 9.80 Å². The molecule has 1 aliphatic heterocycles. The van der Waals surface area contributed by atoms with Gasteiger partial charge in [-0.05, 0) is 118 Å². The van der Waals surface area contributed by atoms with E-state index >= 15 is 0 Å². The minimum atomic E-state index is -3.70. The molecule has 0 fully saturated rings. The van der Waals surface area contributed by atoms with Gasteiger partial charge in [-0.1, -0.05) is 207 Å². The number of hydrogen-bond donors (Lipinski definition) is 0. The van der Waals surface area contributed by atoms with Crippen molar-refractivity contribution in [3.8, 4) is 61.7 Å². The maximum absolute atomic E-state index is 9.63. The van der Waals surface area contributed by atoms with E-state index in [1.165, 1.54) is 27.8 Å². The molecule has 0 radical (unpaired) electrons. The highest BCUT2D eigenvalue weighted by Gasteiger charge is 2.48. The lowest BCUT2D eigenvalue weighted by atomic mass is 9.81. The summed E-state index contributed by atoms with van der Waals surface area (Å²) in [5.41, 5.74) is 14.0. The molecule has 0 saturated heterocycles. The average molecular weight is 919 g/mol. The van der Waals surface area contributed by atoms with Gasteiger partial charge in [-0.25, -0.2) is 4.98 Å². The Morgan fingerprint density at radius 3 is 1.58 bits per heavy atom. The zero-order valence-corrected chi connectivity index (χ0v) is 39.8. The molecule has 69 heavy (non-hydrogen) atoms.